The highest BCUT2D eigenvalue weighted by atomic mass is 16.5. The number of hydrogen-bond donors (Lipinski definition) is 5. The van der Waals surface area contributed by atoms with Crippen molar-refractivity contribution >= 4 is 46.6 Å². The second-order valence-electron chi connectivity index (χ2n) is 6.42. The molecule has 0 aromatic heterocycles. The summed E-state index contributed by atoms with van der Waals surface area (Å²) in [5.74, 6) is 4.09. The molecule has 0 saturated heterocycles. The van der Waals surface area contributed by atoms with Gasteiger partial charge in [0.1, 0.15) is 17.9 Å². The van der Waals surface area contributed by atoms with Gasteiger partial charge in [-0.05, 0) is 53.2 Å². The molecule has 0 atom stereocenters. The predicted octanol–water partition coefficient (Wildman–Crippen LogP) is 1.96. The summed E-state index contributed by atoms with van der Waals surface area (Å²) in [6.07, 6.45) is 3.99. The maximum absolute atomic E-state index is 12.7. The van der Waals surface area contributed by atoms with Crippen LogP contribution in [-0.2, 0) is 4.79 Å². The number of carbonyl (C=O) groups is 2. The van der Waals surface area contributed by atoms with Crippen molar-refractivity contribution in [1.29, 1.82) is 5.41 Å². The molecular formula is C22H20N6O3. The third-order valence-corrected chi connectivity index (χ3v) is 4.34. The number of fused-ring (bicyclic) bond motifs is 1. The molecular weight excluding hydrogens is 396 g/mol. The second-order valence-corrected chi connectivity index (χ2v) is 6.42. The van der Waals surface area contributed by atoms with E-state index < -0.39 is 11.9 Å². The largest absolute Gasteiger partial charge is 0.422 e. The Balaban J connectivity index is 1.98. The molecule has 0 saturated carbocycles. The number of primary amides is 1. The molecule has 156 valence electrons. The van der Waals surface area contributed by atoms with E-state index in [-0.39, 0.29) is 11.6 Å². The zero-order valence-electron chi connectivity index (χ0n) is 16.3. The number of carbonyl (C=O) groups excluding carboxylic acids is 2. The van der Waals surface area contributed by atoms with Crippen LogP contribution in [0.3, 0.4) is 0 Å². The SMILES string of the molecule is N=C(N)c1ccc2c(/C=C/C(N)=O)c(OC(=O)c3ccc(N=CNN)cc3)ccc2c1. The topological polar surface area (TPSA) is 170 Å². The minimum Gasteiger partial charge on any atom is -0.422 e. The van der Waals surface area contributed by atoms with Crippen LogP contribution in [-0.4, -0.2) is 24.1 Å². The number of nitrogen functional groups attached to an aromatic ring is 1. The minimum absolute atomic E-state index is 0.0679. The third kappa shape index (κ3) is 5.11. The normalized spacial score (nSPS) is 11.1. The molecule has 0 bridgehead atoms. The number of esters is 1. The molecule has 3 aromatic rings. The average Bonchev–Trinajstić information content (AvgIpc) is 2.76. The molecule has 0 aliphatic heterocycles. The lowest BCUT2D eigenvalue weighted by atomic mass is 10.00. The van der Waals surface area contributed by atoms with E-state index in [9.17, 15) is 9.59 Å². The maximum atomic E-state index is 12.7. The van der Waals surface area contributed by atoms with Crippen LogP contribution < -0.4 is 27.5 Å². The number of nitrogens with zero attached hydrogens (tertiary/aromatic N) is 1. The van der Waals surface area contributed by atoms with Gasteiger partial charge < -0.3 is 21.6 Å². The first-order chi connectivity index (χ1) is 14.9. The summed E-state index contributed by atoms with van der Waals surface area (Å²) in [4.78, 5) is 28.0. The molecule has 0 radical (unpaired) electrons. The van der Waals surface area contributed by atoms with Crippen LogP contribution >= 0.6 is 0 Å². The standard InChI is InChI=1S/C22H20N6O3/c23-20(29)10-8-18-17-7-3-15(21(24)25)11-14(17)4-9-19(18)31-22(30)13-1-5-16(6-2-13)27-12-28-26/h1-12H,26H2,(H2,23,29)(H3,24,25)(H,27,28)/b10-8+. The molecule has 3 rings (SSSR count). The summed E-state index contributed by atoms with van der Waals surface area (Å²) in [6, 6.07) is 14.9. The summed E-state index contributed by atoms with van der Waals surface area (Å²) in [7, 11) is 0. The van der Waals surface area contributed by atoms with Gasteiger partial charge in [-0.2, -0.15) is 0 Å². The van der Waals surface area contributed by atoms with E-state index in [1.165, 1.54) is 18.5 Å². The zero-order valence-corrected chi connectivity index (χ0v) is 16.3. The number of benzene rings is 3. The lowest BCUT2D eigenvalue weighted by molar-refractivity contribution is -0.113. The number of rotatable bonds is 7. The van der Waals surface area contributed by atoms with Crippen LogP contribution in [0.25, 0.3) is 16.8 Å². The quantitative estimate of drug-likeness (QED) is 0.0749. The van der Waals surface area contributed by atoms with Gasteiger partial charge in [0.25, 0.3) is 0 Å². The Bertz CT molecular complexity index is 1220. The third-order valence-electron chi connectivity index (χ3n) is 4.34. The Morgan fingerprint density at radius 1 is 1.00 bits per heavy atom. The highest BCUT2D eigenvalue weighted by Gasteiger charge is 2.14. The highest BCUT2D eigenvalue weighted by Crippen LogP contribution is 2.31. The Labute approximate surface area is 177 Å². The summed E-state index contributed by atoms with van der Waals surface area (Å²) in [6.45, 7) is 0. The van der Waals surface area contributed by atoms with Crippen LogP contribution in [0.2, 0.25) is 0 Å². The van der Waals surface area contributed by atoms with Gasteiger partial charge >= 0.3 is 5.97 Å². The van der Waals surface area contributed by atoms with Crippen molar-refractivity contribution in [2.24, 2.45) is 22.3 Å². The number of nitrogens with one attached hydrogen (secondary N) is 2. The molecule has 0 unspecified atom stereocenters. The minimum atomic E-state index is -0.641. The van der Waals surface area contributed by atoms with Crippen molar-refractivity contribution in [1.82, 2.24) is 5.43 Å². The Kier molecular flexibility index (Phi) is 6.39. The van der Waals surface area contributed by atoms with Gasteiger partial charge in [-0.25, -0.2) is 15.6 Å². The van der Waals surface area contributed by atoms with Gasteiger partial charge in [0, 0.05) is 17.2 Å². The molecule has 0 heterocycles. The van der Waals surface area contributed by atoms with E-state index in [1.54, 1.807) is 54.6 Å². The van der Waals surface area contributed by atoms with Crippen molar-refractivity contribution in [3.63, 3.8) is 0 Å². The summed E-state index contributed by atoms with van der Waals surface area (Å²) >= 11 is 0. The number of amides is 1. The lowest BCUT2D eigenvalue weighted by Gasteiger charge is -2.12. The summed E-state index contributed by atoms with van der Waals surface area (Å²) < 4.78 is 5.59. The zero-order chi connectivity index (χ0) is 22.4. The van der Waals surface area contributed by atoms with Crippen molar-refractivity contribution < 1.29 is 14.3 Å². The van der Waals surface area contributed by atoms with Crippen molar-refractivity contribution in [3.8, 4) is 5.75 Å². The van der Waals surface area contributed by atoms with Crippen molar-refractivity contribution in [3.05, 3.63) is 77.4 Å². The van der Waals surface area contributed by atoms with Crippen LogP contribution in [0.15, 0.2) is 65.7 Å². The van der Waals surface area contributed by atoms with E-state index in [4.69, 9.17) is 27.5 Å². The van der Waals surface area contributed by atoms with Crippen LogP contribution in [0.5, 0.6) is 5.75 Å². The van der Waals surface area contributed by atoms with Crippen molar-refractivity contribution in [2.45, 2.75) is 0 Å². The first-order valence-electron chi connectivity index (χ1n) is 9.08. The molecule has 9 nitrogen and oxygen atoms in total. The van der Waals surface area contributed by atoms with E-state index in [0.717, 1.165) is 5.39 Å². The molecule has 0 aliphatic rings. The number of amidine groups is 1. The van der Waals surface area contributed by atoms with Crippen molar-refractivity contribution in [2.75, 3.05) is 0 Å². The summed E-state index contributed by atoms with van der Waals surface area (Å²) in [5, 5.41) is 9.06. The van der Waals surface area contributed by atoms with Gasteiger partial charge in [-0.3, -0.25) is 10.2 Å². The smallest absolute Gasteiger partial charge is 0.343 e. The van der Waals surface area contributed by atoms with Crippen LogP contribution in [0.4, 0.5) is 5.69 Å². The number of hydrazine groups is 1. The molecule has 8 N–H and O–H groups in total. The Morgan fingerprint density at radius 2 is 1.71 bits per heavy atom. The highest BCUT2D eigenvalue weighted by molar-refractivity contribution is 6.03. The first-order valence-corrected chi connectivity index (χ1v) is 9.08. The monoisotopic (exact) mass is 416 g/mol. The molecule has 31 heavy (non-hydrogen) atoms. The second kappa shape index (κ2) is 9.33. The predicted molar refractivity (Wildman–Crippen MR) is 120 cm³/mol. The van der Waals surface area contributed by atoms with Gasteiger partial charge in [0.15, 0.2) is 0 Å². The van der Waals surface area contributed by atoms with Crippen LogP contribution in [0.1, 0.15) is 21.5 Å². The van der Waals surface area contributed by atoms with Gasteiger partial charge in [0.2, 0.25) is 5.91 Å². The molecule has 3 aromatic carbocycles. The van der Waals surface area contributed by atoms with Gasteiger partial charge in [-0.15, -0.1) is 0 Å². The number of ether oxygens (including phenoxy) is 1. The first kappa shape index (κ1) is 21.2. The van der Waals surface area contributed by atoms with Crippen LogP contribution in [0, 0.1) is 5.41 Å². The fraction of sp³-hybridized carbons (Fsp3) is 0. The Hall–Kier alpha value is -4.50. The molecule has 1 amide bonds. The van der Waals surface area contributed by atoms with E-state index in [1.807, 2.05) is 0 Å². The van der Waals surface area contributed by atoms with Gasteiger partial charge in [-0.1, -0.05) is 18.2 Å². The number of nitrogens with two attached hydrogens (primary N) is 3. The number of hydrogen-bond acceptors (Lipinski definition) is 6. The van der Waals surface area contributed by atoms with E-state index in [0.29, 0.717) is 27.8 Å². The maximum Gasteiger partial charge on any atom is 0.343 e. The number of aliphatic imine (C=N–C) groups is 1. The summed E-state index contributed by atoms with van der Waals surface area (Å²) in [5.41, 5.74) is 15.1. The van der Waals surface area contributed by atoms with E-state index >= 15 is 0 Å². The fourth-order valence-corrected chi connectivity index (χ4v) is 2.88. The average molecular weight is 416 g/mol. The molecule has 9 heteroatoms. The Morgan fingerprint density at radius 3 is 2.35 bits per heavy atom. The van der Waals surface area contributed by atoms with E-state index in [2.05, 4.69) is 10.4 Å². The molecule has 0 aliphatic carbocycles. The molecule has 0 spiro atoms. The fourth-order valence-electron chi connectivity index (χ4n) is 2.88. The lowest BCUT2D eigenvalue weighted by Crippen LogP contribution is -2.18. The van der Waals surface area contributed by atoms with Gasteiger partial charge in [0.05, 0.1) is 11.3 Å². The molecule has 0 fully saturated rings.